The summed E-state index contributed by atoms with van der Waals surface area (Å²) in [5, 5.41) is 11.8. The molecule has 3 N–H and O–H groups in total. The van der Waals surface area contributed by atoms with Gasteiger partial charge in [-0.15, -0.1) is 0 Å². The van der Waals surface area contributed by atoms with Crippen LogP contribution in [0.3, 0.4) is 0 Å². The van der Waals surface area contributed by atoms with Gasteiger partial charge in [-0.25, -0.2) is 0 Å². The summed E-state index contributed by atoms with van der Waals surface area (Å²) in [7, 11) is 0. The van der Waals surface area contributed by atoms with Gasteiger partial charge >= 0.3 is 0 Å². The fourth-order valence-corrected chi connectivity index (χ4v) is 1.40. The number of amides is 1. The van der Waals surface area contributed by atoms with E-state index in [1.165, 1.54) is 18.3 Å². The predicted molar refractivity (Wildman–Crippen MR) is 62.4 cm³/mol. The largest absolute Gasteiger partial charge is 0.508 e. The Kier molecular flexibility index (Phi) is 1.75. The van der Waals surface area contributed by atoms with Gasteiger partial charge < -0.3 is 15.4 Å². The van der Waals surface area contributed by atoms with E-state index in [2.05, 4.69) is 4.98 Å². The zero-order chi connectivity index (χ0) is 15.1. The van der Waals surface area contributed by atoms with Crippen LogP contribution in [0.25, 0.3) is 10.9 Å². The topological polar surface area (TPSA) is 65.1 Å². The molecule has 0 aliphatic rings. The number of aromatic nitrogens is 1. The van der Waals surface area contributed by atoms with Gasteiger partial charge in [0.15, 0.2) is 0 Å². The number of phenols is 1. The van der Waals surface area contributed by atoms with Gasteiger partial charge in [0, 0.05) is 36.0 Å². The number of fused-ring (bicyclic) bond motifs is 1. The highest BCUT2D eigenvalue weighted by atomic mass is 16.3. The van der Waals surface area contributed by atoms with Crippen LogP contribution < -0.4 is 5.32 Å². The zero-order valence-electron chi connectivity index (χ0n) is 12.7. The maximum Gasteiger partial charge on any atom is 0.216 e. The first kappa shape index (κ1) is 6.58. The Morgan fingerprint density at radius 2 is 2.44 bits per heavy atom. The number of aromatic amines is 1. The second kappa shape index (κ2) is 4.26. The van der Waals surface area contributed by atoms with Crippen molar-refractivity contribution in [2.24, 2.45) is 0 Å². The SMILES string of the molecule is [2H]C([2H])(NC(C)=O)C([2H])([2H])c1c[nH]c2ccc(O)cc12. The highest BCUT2D eigenvalue weighted by Crippen LogP contribution is 2.22. The molecule has 2 aromatic rings. The quantitative estimate of drug-likeness (QED) is 0.737. The number of hydrogen-bond donors (Lipinski definition) is 3. The van der Waals surface area contributed by atoms with Crippen molar-refractivity contribution in [2.45, 2.75) is 13.3 Å². The predicted octanol–water partition coefficient (Wildman–Crippen LogP) is 1.55. The van der Waals surface area contributed by atoms with Crippen LogP contribution in [0.5, 0.6) is 5.75 Å². The lowest BCUT2D eigenvalue weighted by Crippen LogP contribution is -2.22. The minimum absolute atomic E-state index is 0.0298. The summed E-state index contributed by atoms with van der Waals surface area (Å²) in [5.41, 5.74) is 0.599. The van der Waals surface area contributed by atoms with Crippen molar-refractivity contribution in [1.82, 2.24) is 10.3 Å². The number of phenolic OH excluding ortho intramolecular Hbond substituents is 1. The summed E-state index contributed by atoms with van der Waals surface area (Å²) in [5.74, 6) is -0.712. The van der Waals surface area contributed by atoms with Crippen molar-refractivity contribution in [3.8, 4) is 5.75 Å². The van der Waals surface area contributed by atoms with E-state index >= 15 is 0 Å². The smallest absolute Gasteiger partial charge is 0.216 e. The third kappa shape index (κ3) is 2.16. The first-order valence-corrected chi connectivity index (χ1v) is 4.74. The van der Waals surface area contributed by atoms with E-state index in [0.29, 0.717) is 10.9 Å². The molecule has 0 atom stereocenters. The van der Waals surface area contributed by atoms with Gasteiger partial charge in [-0.3, -0.25) is 4.79 Å². The summed E-state index contributed by atoms with van der Waals surface area (Å²) >= 11 is 0. The van der Waals surface area contributed by atoms with E-state index in [1.807, 2.05) is 5.32 Å². The lowest BCUT2D eigenvalue weighted by molar-refractivity contribution is -0.118. The summed E-state index contributed by atoms with van der Waals surface area (Å²) in [6, 6.07) is 4.36. The molecule has 0 fully saturated rings. The molecule has 0 unspecified atom stereocenters. The number of carbonyl (C=O) groups excluding carboxylic acids is 1. The Morgan fingerprint density at radius 3 is 3.19 bits per heavy atom. The van der Waals surface area contributed by atoms with E-state index < -0.39 is 18.8 Å². The molecule has 0 saturated carbocycles. The van der Waals surface area contributed by atoms with Gasteiger partial charge in [0.1, 0.15) is 5.75 Å². The number of carbonyl (C=O) groups is 1. The van der Waals surface area contributed by atoms with Crippen molar-refractivity contribution >= 4 is 16.8 Å². The Morgan fingerprint density at radius 1 is 1.62 bits per heavy atom. The number of aromatic hydroxyl groups is 1. The fraction of sp³-hybridized carbons (Fsp3) is 0.250. The summed E-state index contributed by atoms with van der Waals surface area (Å²) in [6.07, 6.45) is -1.13. The summed E-state index contributed by atoms with van der Waals surface area (Å²) < 4.78 is 31.5. The van der Waals surface area contributed by atoms with Gasteiger partial charge in [-0.1, -0.05) is 0 Å². The molecular formula is C12H14N2O2. The number of hydrogen-bond acceptors (Lipinski definition) is 2. The molecule has 1 heterocycles. The molecule has 0 spiro atoms. The summed E-state index contributed by atoms with van der Waals surface area (Å²) in [6.45, 7) is -1.46. The van der Waals surface area contributed by atoms with Crippen LogP contribution >= 0.6 is 0 Å². The fourth-order valence-electron chi connectivity index (χ4n) is 1.40. The van der Waals surface area contributed by atoms with Crippen molar-refractivity contribution in [1.29, 1.82) is 0 Å². The second-order valence-corrected chi connectivity index (χ2v) is 3.36. The minimum atomic E-state index is -2.58. The lowest BCUT2D eigenvalue weighted by Gasteiger charge is -2.01. The molecule has 1 amide bonds. The zero-order valence-corrected chi connectivity index (χ0v) is 8.66. The summed E-state index contributed by atoms with van der Waals surface area (Å²) in [4.78, 5) is 13.8. The molecule has 0 aliphatic carbocycles. The molecule has 1 aromatic carbocycles. The normalized spacial score (nSPS) is 16.1. The van der Waals surface area contributed by atoms with Crippen LogP contribution in [-0.2, 0) is 11.2 Å². The van der Waals surface area contributed by atoms with E-state index in [4.69, 9.17) is 5.48 Å². The number of benzene rings is 1. The number of rotatable bonds is 3. The van der Waals surface area contributed by atoms with Crippen LogP contribution in [0.4, 0.5) is 0 Å². The highest BCUT2D eigenvalue weighted by Gasteiger charge is 2.04. The Balaban J connectivity index is 2.56. The Labute approximate surface area is 98.9 Å². The van der Waals surface area contributed by atoms with Crippen molar-refractivity contribution < 1.29 is 15.4 Å². The van der Waals surface area contributed by atoms with Gasteiger partial charge in [-0.05, 0) is 30.1 Å². The molecule has 0 radical (unpaired) electrons. The molecule has 0 bridgehead atoms. The monoisotopic (exact) mass is 222 g/mol. The van der Waals surface area contributed by atoms with Crippen molar-refractivity contribution in [3.63, 3.8) is 0 Å². The van der Waals surface area contributed by atoms with E-state index in [9.17, 15) is 9.90 Å². The third-order valence-electron chi connectivity index (χ3n) is 2.10. The van der Waals surface area contributed by atoms with Crippen LogP contribution in [0.2, 0.25) is 0 Å². The molecule has 16 heavy (non-hydrogen) atoms. The molecule has 4 nitrogen and oxygen atoms in total. The third-order valence-corrected chi connectivity index (χ3v) is 2.10. The highest BCUT2D eigenvalue weighted by molar-refractivity contribution is 5.84. The minimum Gasteiger partial charge on any atom is -0.508 e. The Hall–Kier alpha value is -1.97. The number of aryl methyl sites for hydroxylation is 1. The first-order chi connectivity index (χ1) is 9.15. The second-order valence-electron chi connectivity index (χ2n) is 3.36. The maximum absolute atomic E-state index is 11.0. The number of H-pyrrole nitrogens is 1. The average molecular weight is 222 g/mol. The number of nitrogens with one attached hydrogen (secondary N) is 2. The molecule has 0 saturated heterocycles. The average Bonchev–Trinajstić information content (AvgIpc) is 2.70. The van der Waals surface area contributed by atoms with Gasteiger partial charge in [-0.2, -0.15) is 0 Å². The van der Waals surface area contributed by atoms with Crippen LogP contribution in [-0.4, -0.2) is 22.5 Å². The van der Waals surface area contributed by atoms with E-state index in [1.54, 1.807) is 6.07 Å². The van der Waals surface area contributed by atoms with Crippen molar-refractivity contribution in [3.05, 3.63) is 30.0 Å². The van der Waals surface area contributed by atoms with Crippen LogP contribution in [0.15, 0.2) is 24.4 Å². The van der Waals surface area contributed by atoms with Gasteiger partial charge in [0.25, 0.3) is 0 Å². The van der Waals surface area contributed by atoms with E-state index in [-0.39, 0.29) is 11.3 Å². The molecule has 4 heteroatoms. The van der Waals surface area contributed by atoms with Crippen LogP contribution in [0.1, 0.15) is 18.0 Å². The van der Waals surface area contributed by atoms with Crippen molar-refractivity contribution in [2.75, 3.05) is 6.50 Å². The standard InChI is InChI=1S/C12H14N2O2/c1-8(15)13-5-4-9-7-14-12-3-2-10(16)6-11(9)12/h2-3,6-7,14,16H,4-5H2,1H3,(H,13,15)/i4D2,5D2. The first-order valence-electron chi connectivity index (χ1n) is 6.74. The molecule has 0 aliphatic heterocycles. The van der Waals surface area contributed by atoms with Gasteiger partial charge in [0.05, 0.1) is 0 Å². The molecule has 1 aromatic heterocycles. The van der Waals surface area contributed by atoms with Crippen LogP contribution in [0, 0.1) is 0 Å². The lowest BCUT2D eigenvalue weighted by atomic mass is 10.1. The molecular weight excluding hydrogens is 204 g/mol. The van der Waals surface area contributed by atoms with E-state index in [0.717, 1.165) is 6.92 Å². The Bertz CT molecular complexity index is 667. The molecule has 2 rings (SSSR count). The van der Waals surface area contributed by atoms with Gasteiger partial charge in [0.2, 0.25) is 5.91 Å². The maximum atomic E-state index is 11.0. The molecule has 84 valence electrons.